The van der Waals surface area contributed by atoms with Gasteiger partial charge in [-0.3, -0.25) is 15.0 Å². The van der Waals surface area contributed by atoms with Gasteiger partial charge in [0.05, 0.1) is 0 Å². The Balaban J connectivity index is 1.96. The van der Waals surface area contributed by atoms with E-state index in [1.54, 1.807) is 24.3 Å². The van der Waals surface area contributed by atoms with Crippen molar-refractivity contribution < 1.29 is 9.59 Å². The lowest BCUT2D eigenvalue weighted by molar-refractivity contribution is -0.117. The minimum Gasteiger partial charge on any atom is -0.299 e. The van der Waals surface area contributed by atoms with Crippen molar-refractivity contribution >= 4 is 11.7 Å². The highest BCUT2D eigenvalue weighted by Gasteiger charge is 2.07. The van der Waals surface area contributed by atoms with Crippen molar-refractivity contribution in [3.8, 4) is 0 Å². The largest absolute Gasteiger partial charge is 0.299 e. The van der Waals surface area contributed by atoms with Crippen molar-refractivity contribution in [2.75, 3.05) is 0 Å². The number of nitrogens with two attached hydrogens (primary N) is 1. The Morgan fingerprint density at radius 2 is 1.40 bits per heavy atom. The van der Waals surface area contributed by atoms with Gasteiger partial charge in [-0.25, -0.2) is 5.84 Å². The number of rotatable bonds is 5. The van der Waals surface area contributed by atoms with Gasteiger partial charge in [-0.05, 0) is 23.3 Å². The topological polar surface area (TPSA) is 72.2 Å². The molecule has 0 bridgehead atoms. The number of carbonyl (C=O) groups is 2. The Morgan fingerprint density at radius 3 is 1.95 bits per heavy atom. The van der Waals surface area contributed by atoms with Crippen LogP contribution in [0, 0.1) is 0 Å². The predicted octanol–water partition coefficient (Wildman–Crippen LogP) is 1.64. The van der Waals surface area contributed by atoms with Crippen LogP contribution >= 0.6 is 0 Å². The molecule has 0 spiro atoms. The van der Waals surface area contributed by atoms with Crippen LogP contribution in [-0.2, 0) is 17.6 Å². The molecule has 0 heterocycles. The maximum atomic E-state index is 12.0. The Hall–Kier alpha value is -2.46. The zero-order valence-electron chi connectivity index (χ0n) is 11.0. The van der Waals surface area contributed by atoms with Crippen LogP contribution in [0.25, 0.3) is 0 Å². The number of Topliss-reactive ketones (excluding diaryl/α,β-unsaturated/α-hetero) is 1. The summed E-state index contributed by atoms with van der Waals surface area (Å²) in [7, 11) is 0. The van der Waals surface area contributed by atoms with E-state index in [0.29, 0.717) is 18.4 Å². The van der Waals surface area contributed by atoms with Crippen LogP contribution < -0.4 is 11.3 Å². The van der Waals surface area contributed by atoms with Crippen molar-refractivity contribution in [1.82, 2.24) is 5.43 Å². The lowest BCUT2D eigenvalue weighted by atomic mass is 10.0. The minimum atomic E-state index is -0.341. The first-order valence-corrected chi connectivity index (χ1v) is 6.34. The lowest BCUT2D eigenvalue weighted by Gasteiger charge is -2.04. The summed E-state index contributed by atoms with van der Waals surface area (Å²) in [6, 6.07) is 16.5. The number of hydrogen-bond donors (Lipinski definition) is 2. The Bertz CT molecular complexity index is 592. The molecule has 1 amide bonds. The summed E-state index contributed by atoms with van der Waals surface area (Å²) in [5.74, 6) is 4.86. The molecule has 3 N–H and O–H groups in total. The van der Waals surface area contributed by atoms with Crippen LogP contribution in [0.2, 0.25) is 0 Å². The normalized spacial score (nSPS) is 10.1. The summed E-state index contributed by atoms with van der Waals surface area (Å²) in [5, 5.41) is 0. The first-order valence-electron chi connectivity index (χ1n) is 6.34. The molecule has 4 heteroatoms. The minimum absolute atomic E-state index is 0.146. The monoisotopic (exact) mass is 268 g/mol. The zero-order valence-corrected chi connectivity index (χ0v) is 11.0. The van der Waals surface area contributed by atoms with Crippen molar-refractivity contribution in [3.05, 3.63) is 71.3 Å². The second-order valence-electron chi connectivity index (χ2n) is 4.55. The average molecular weight is 268 g/mol. The molecule has 0 radical (unpaired) electrons. The van der Waals surface area contributed by atoms with E-state index in [1.807, 2.05) is 30.3 Å². The van der Waals surface area contributed by atoms with E-state index in [2.05, 4.69) is 5.43 Å². The zero-order chi connectivity index (χ0) is 14.4. The summed E-state index contributed by atoms with van der Waals surface area (Å²) in [5.41, 5.74) is 4.45. The van der Waals surface area contributed by atoms with Gasteiger partial charge in [0, 0.05) is 18.4 Å². The second kappa shape index (κ2) is 6.63. The molecule has 0 unspecified atom stereocenters. The smallest absolute Gasteiger partial charge is 0.265 e. The number of ketones is 1. The summed E-state index contributed by atoms with van der Waals surface area (Å²) in [6.07, 6.45) is 0.783. The van der Waals surface area contributed by atoms with E-state index >= 15 is 0 Å². The van der Waals surface area contributed by atoms with Gasteiger partial charge in [0.1, 0.15) is 5.78 Å². The quantitative estimate of drug-likeness (QED) is 0.492. The van der Waals surface area contributed by atoms with E-state index in [0.717, 1.165) is 11.1 Å². The van der Waals surface area contributed by atoms with Gasteiger partial charge in [-0.1, -0.05) is 42.5 Å². The molecule has 0 aliphatic carbocycles. The van der Waals surface area contributed by atoms with Crippen LogP contribution in [0.5, 0.6) is 0 Å². The number of nitrogens with one attached hydrogen (secondary N) is 1. The van der Waals surface area contributed by atoms with E-state index in [4.69, 9.17) is 5.84 Å². The fourth-order valence-corrected chi connectivity index (χ4v) is 1.97. The lowest BCUT2D eigenvalue weighted by Crippen LogP contribution is -2.29. The summed E-state index contributed by atoms with van der Waals surface area (Å²) >= 11 is 0. The predicted molar refractivity (Wildman–Crippen MR) is 77.0 cm³/mol. The molecule has 4 nitrogen and oxygen atoms in total. The van der Waals surface area contributed by atoms with Crippen molar-refractivity contribution in [2.24, 2.45) is 5.84 Å². The molecule has 0 saturated carbocycles. The Labute approximate surface area is 117 Å². The first kappa shape index (κ1) is 14.0. The van der Waals surface area contributed by atoms with E-state index < -0.39 is 0 Å². The van der Waals surface area contributed by atoms with Crippen LogP contribution in [-0.4, -0.2) is 11.7 Å². The van der Waals surface area contributed by atoms with Gasteiger partial charge in [0.25, 0.3) is 5.91 Å². The van der Waals surface area contributed by atoms with E-state index in [1.165, 1.54) is 0 Å². The van der Waals surface area contributed by atoms with Crippen molar-refractivity contribution in [2.45, 2.75) is 12.8 Å². The molecule has 2 rings (SSSR count). The van der Waals surface area contributed by atoms with Crippen LogP contribution in [0.4, 0.5) is 0 Å². The average Bonchev–Trinajstić information content (AvgIpc) is 2.48. The first-order chi connectivity index (χ1) is 9.69. The van der Waals surface area contributed by atoms with Crippen LogP contribution in [0.3, 0.4) is 0 Å². The standard InChI is InChI=1S/C16H16N2O2/c17-18-16(20)14-8-6-13(7-9-14)11-15(19)10-12-4-2-1-3-5-12/h1-9H,10-11,17H2,(H,18,20). The fraction of sp³-hybridized carbons (Fsp3) is 0.125. The molecule has 0 fully saturated rings. The number of amides is 1. The molecule has 2 aromatic rings. The molecule has 0 saturated heterocycles. The third-order valence-corrected chi connectivity index (χ3v) is 2.99. The Morgan fingerprint density at radius 1 is 0.850 bits per heavy atom. The van der Waals surface area contributed by atoms with Crippen molar-refractivity contribution in [1.29, 1.82) is 0 Å². The molecule has 0 aliphatic rings. The maximum Gasteiger partial charge on any atom is 0.265 e. The molecule has 0 aliphatic heterocycles. The summed E-state index contributed by atoms with van der Waals surface area (Å²) in [6.45, 7) is 0. The van der Waals surface area contributed by atoms with Gasteiger partial charge in [0.15, 0.2) is 0 Å². The van der Waals surface area contributed by atoms with Gasteiger partial charge < -0.3 is 0 Å². The van der Waals surface area contributed by atoms with E-state index in [9.17, 15) is 9.59 Å². The number of hydrazine groups is 1. The summed E-state index contributed by atoms with van der Waals surface area (Å²) in [4.78, 5) is 23.2. The molecule has 102 valence electrons. The highest BCUT2D eigenvalue weighted by Crippen LogP contribution is 2.08. The summed E-state index contributed by atoms with van der Waals surface area (Å²) < 4.78 is 0. The number of nitrogen functional groups attached to an aromatic ring is 1. The third kappa shape index (κ3) is 3.76. The third-order valence-electron chi connectivity index (χ3n) is 2.99. The number of hydrogen-bond acceptors (Lipinski definition) is 3. The van der Waals surface area contributed by atoms with E-state index in [-0.39, 0.29) is 11.7 Å². The molecule has 2 aromatic carbocycles. The van der Waals surface area contributed by atoms with Gasteiger partial charge >= 0.3 is 0 Å². The highest BCUT2D eigenvalue weighted by atomic mass is 16.2. The van der Waals surface area contributed by atoms with Crippen molar-refractivity contribution in [3.63, 3.8) is 0 Å². The molecular formula is C16H16N2O2. The molecule has 20 heavy (non-hydrogen) atoms. The molecule has 0 atom stereocenters. The van der Waals surface area contributed by atoms with Gasteiger partial charge in [0.2, 0.25) is 0 Å². The second-order valence-corrected chi connectivity index (χ2v) is 4.55. The molecule has 0 aromatic heterocycles. The highest BCUT2D eigenvalue weighted by molar-refractivity contribution is 5.93. The van der Waals surface area contributed by atoms with Crippen LogP contribution in [0.1, 0.15) is 21.5 Å². The SMILES string of the molecule is NNC(=O)c1ccc(CC(=O)Cc2ccccc2)cc1. The number of carbonyl (C=O) groups excluding carboxylic acids is 2. The fourth-order valence-electron chi connectivity index (χ4n) is 1.97. The Kier molecular flexibility index (Phi) is 4.63. The van der Waals surface area contributed by atoms with Gasteiger partial charge in [-0.15, -0.1) is 0 Å². The number of benzene rings is 2. The van der Waals surface area contributed by atoms with Crippen LogP contribution in [0.15, 0.2) is 54.6 Å². The molecular weight excluding hydrogens is 252 g/mol. The maximum absolute atomic E-state index is 12.0. The van der Waals surface area contributed by atoms with Gasteiger partial charge in [-0.2, -0.15) is 0 Å².